The van der Waals surface area contributed by atoms with Gasteiger partial charge in [-0.05, 0) is 40.2 Å². The molecule has 0 saturated carbocycles. The van der Waals surface area contributed by atoms with E-state index in [2.05, 4.69) is 61.8 Å². The second-order valence-electron chi connectivity index (χ2n) is 11.9. The molecule has 0 radical (unpaired) electrons. The highest BCUT2D eigenvalue weighted by atomic mass is 32.2. The molecule has 53 heavy (non-hydrogen) atoms. The van der Waals surface area contributed by atoms with Crippen LogP contribution in [-0.4, -0.2) is 78.1 Å². The van der Waals surface area contributed by atoms with Gasteiger partial charge >= 0.3 is 5.97 Å². The summed E-state index contributed by atoms with van der Waals surface area (Å²) >= 11 is 5.42. The topological polar surface area (TPSA) is 159 Å². The molecule has 2 aromatic heterocycles. The van der Waals surface area contributed by atoms with Gasteiger partial charge < -0.3 is 20.6 Å². The maximum Gasteiger partial charge on any atom is 0.352 e. The molecule has 7 rings (SSSR count). The number of benzene rings is 3. The normalized spacial score (nSPS) is 17.2. The van der Waals surface area contributed by atoms with E-state index in [1.807, 2.05) is 61.5 Å². The largest absolute Gasteiger partial charge is 0.477 e. The number of rotatable bonds is 14. The maximum atomic E-state index is 13.8. The lowest BCUT2D eigenvalue weighted by atomic mass is 9.77. The van der Waals surface area contributed by atoms with Crippen molar-refractivity contribution in [2.45, 2.75) is 35.3 Å². The van der Waals surface area contributed by atoms with E-state index in [1.165, 1.54) is 58.4 Å². The summed E-state index contributed by atoms with van der Waals surface area (Å²) in [6.07, 6.45) is 0.774. The summed E-state index contributed by atoms with van der Waals surface area (Å²) in [5.74, 6) is -1.66. The Hall–Kier alpha value is -5.03. The summed E-state index contributed by atoms with van der Waals surface area (Å²) in [6, 6.07) is 29.2. The Morgan fingerprint density at radius 3 is 2.21 bits per heavy atom. The highest BCUT2D eigenvalue weighted by molar-refractivity contribution is 8.01. The van der Waals surface area contributed by atoms with Crippen molar-refractivity contribution in [3.8, 4) is 0 Å². The molecule has 16 heteroatoms. The maximum absolute atomic E-state index is 13.8. The third-order valence-electron chi connectivity index (χ3n) is 8.82. The molecule has 5 aromatic rings. The van der Waals surface area contributed by atoms with E-state index >= 15 is 0 Å². The summed E-state index contributed by atoms with van der Waals surface area (Å²) in [5, 5.41) is 27.2. The monoisotopic (exact) mass is 783 g/mol. The van der Waals surface area contributed by atoms with Gasteiger partial charge in [-0.15, -0.1) is 28.2 Å². The number of amides is 2. The molecule has 2 atom stereocenters. The molecule has 2 amide bonds. The van der Waals surface area contributed by atoms with Gasteiger partial charge in [0, 0.05) is 16.9 Å². The fraction of sp³-hybridized carbons (Fsp3) is 0.216. The third kappa shape index (κ3) is 7.06. The number of hydrogen-bond acceptors (Lipinski definition) is 13. The number of hydrogen-bond donors (Lipinski definition) is 3. The molecule has 3 N–H and O–H groups in total. The Morgan fingerprint density at radius 1 is 1.02 bits per heavy atom. The Kier molecular flexibility index (Phi) is 10.9. The zero-order chi connectivity index (χ0) is 37.0. The standard InChI is InChI=1S/C37H33N7O5S4/c1-3-27-32(41-43-53-27)50-19-22-20-51-34-29(33(46)44(34)30(22)35(47)48)39-31(45)28(42-49-2)26-21-52-36(38-26)40-37(23-13-7-4-8-14-23,24-15-9-5-10-16-24)25-17-11-6-12-18-25/h4-18,21,29,34H,3,19-20H2,1-2H3,(H,38,40)(H,39,45)(H,47,48)/t29-,34-/m1/s1. The number of nitrogens with zero attached hydrogens (tertiary/aromatic N) is 5. The van der Waals surface area contributed by atoms with Crippen LogP contribution in [0.15, 0.2) is 118 Å². The first-order valence-electron chi connectivity index (χ1n) is 16.5. The van der Waals surface area contributed by atoms with Crippen molar-refractivity contribution in [1.82, 2.24) is 24.8 Å². The second-order valence-corrected chi connectivity index (χ2v) is 15.7. The van der Waals surface area contributed by atoms with E-state index in [4.69, 9.17) is 9.82 Å². The number of aromatic nitrogens is 3. The molecule has 4 heterocycles. The number of carbonyl (C=O) groups is 3. The van der Waals surface area contributed by atoms with Gasteiger partial charge in [0.25, 0.3) is 11.8 Å². The molecule has 1 fully saturated rings. The Balaban J connectivity index is 1.12. The first kappa shape index (κ1) is 36.3. The van der Waals surface area contributed by atoms with Gasteiger partial charge in [0.1, 0.15) is 40.5 Å². The molecule has 3 aromatic carbocycles. The number of thiazole rings is 1. The zero-order valence-corrected chi connectivity index (χ0v) is 31.7. The first-order chi connectivity index (χ1) is 25.8. The van der Waals surface area contributed by atoms with Crippen molar-refractivity contribution >= 4 is 75.0 Å². The van der Waals surface area contributed by atoms with Crippen LogP contribution in [0.4, 0.5) is 5.13 Å². The minimum atomic E-state index is -1.20. The lowest BCUT2D eigenvalue weighted by molar-refractivity contribution is -0.150. The van der Waals surface area contributed by atoms with Gasteiger partial charge in [-0.1, -0.05) is 119 Å². The van der Waals surface area contributed by atoms with Crippen molar-refractivity contribution in [3.05, 3.63) is 135 Å². The Labute approximate surface area is 321 Å². The predicted molar refractivity (Wildman–Crippen MR) is 208 cm³/mol. The van der Waals surface area contributed by atoms with E-state index in [1.54, 1.807) is 5.38 Å². The number of anilines is 1. The smallest absolute Gasteiger partial charge is 0.352 e. The van der Waals surface area contributed by atoms with Crippen LogP contribution in [0.5, 0.6) is 0 Å². The molecule has 270 valence electrons. The van der Waals surface area contributed by atoms with Crippen molar-refractivity contribution < 1.29 is 24.3 Å². The van der Waals surface area contributed by atoms with Gasteiger partial charge in [-0.25, -0.2) is 9.78 Å². The number of aliphatic carboxylic acids is 1. The highest BCUT2D eigenvalue weighted by Gasteiger charge is 2.54. The van der Waals surface area contributed by atoms with Gasteiger partial charge in [0.2, 0.25) is 0 Å². The summed E-state index contributed by atoms with van der Waals surface area (Å²) in [6.45, 7) is 2.01. The number of nitrogens with one attached hydrogen (secondary N) is 2. The lowest BCUT2D eigenvalue weighted by Crippen LogP contribution is -2.71. The number of aryl methyl sites for hydroxylation is 1. The number of oxime groups is 1. The van der Waals surface area contributed by atoms with Crippen LogP contribution in [0.25, 0.3) is 0 Å². The van der Waals surface area contributed by atoms with Crippen LogP contribution in [0.1, 0.15) is 34.2 Å². The lowest BCUT2D eigenvalue weighted by Gasteiger charge is -2.49. The van der Waals surface area contributed by atoms with Gasteiger partial charge in [-0.3, -0.25) is 14.5 Å². The molecule has 1 saturated heterocycles. The summed E-state index contributed by atoms with van der Waals surface area (Å²) < 4.78 is 4.00. The summed E-state index contributed by atoms with van der Waals surface area (Å²) in [5.41, 5.74) is 2.78. The molecule has 2 aliphatic rings. The number of carboxylic acid groups (broad SMARTS) is 1. The Morgan fingerprint density at radius 2 is 1.64 bits per heavy atom. The minimum Gasteiger partial charge on any atom is -0.477 e. The fourth-order valence-corrected chi connectivity index (χ4v) is 10.4. The minimum absolute atomic E-state index is 0.0577. The molecule has 0 spiro atoms. The first-order valence-corrected chi connectivity index (χ1v) is 20.2. The third-order valence-corrected chi connectivity index (χ3v) is 13.0. The van der Waals surface area contributed by atoms with Crippen molar-refractivity contribution in [2.75, 3.05) is 23.9 Å². The van der Waals surface area contributed by atoms with Crippen molar-refractivity contribution in [3.63, 3.8) is 0 Å². The van der Waals surface area contributed by atoms with Gasteiger partial charge in [0.05, 0.1) is 4.88 Å². The second kappa shape index (κ2) is 15.9. The Bertz CT molecular complexity index is 2080. The molecule has 0 aliphatic carbocycles. The van der Waals surface area contributed by atoms with E-state index < -0.39 is 34.7 Å². The highest BCUT2D eigenvalue weighted by Crippen LogP contribution is 2.43. The van der Waals surface area contributed by atoms with E-state index in [0.29, 0.717) is 22.2 Å². The molecule has 12 nitrogen and oxygen atoms in total. The fourth-order valence-electron chi connectivity index (χ4n) is 6.36. The SMILES string of the molecule is CCc1snnc1SCC1=C(C(=O)O)N2C(=O)[C@@H](NC(=O)C(=NOC)c3csc(NC(c4ccccc4)(c4ccccc4)c4ccccc4)n3)[C@H]2SC1. The average Bonchev–Trinajstić information content (AvgIpc) is 3.87. The van der Waals surface area contributed by atoms with Crippen LogP contribution in [0.2, 0.25) is 0 Å². The molecule has 0 bridgehead atoms. The van der Waals surface area contributed by atoms with Gasteiger partial charge in [0.15, 0.2) is 10.8 Å². The van der Waals surface area contributed by atoms with E-state index in [0.717, 1.165) is 33.0 Å². The number of β-lactam (4-membered cyclic amide) rings is 1. The van der Waals surface area contributed by atoms with Crippen LogP contribution < -0.4 is 10.6 Å². The molecular formula is C37H33N7O5S4. The number of carboxylic acids is 1. The average molecular weight is 784 g/mol. The predicted octanol–water partition coefficient (Wildman–Crippen LogP) is 5.84. The van der Waals surface area contributed by atoms with Crippen molar-refractivity contribution in [1.29, 1.82) is 0 Å². The van der Waals surface area contributed by atoms with Gasteiger partial charge in [-0.2, -0.15) is 0 Å². The quantitative estimate of drug-likeness (QED) is 0.0409. The summed E-state index contributed by atoms with van der Waals surface area (Å²) in [4.78, 5) is 51.9. The molecule has 0 unspecified atom stereocenters. The summed E-state index contributed by atoms with van der Waals surface area (Å²) in [7, 11) is 1.33. The van der Waals surface area contributed by atoms with Crippen molar-refractivity contribution in [2.24, 2.45) is 5.16 Å². The van der Waals surface area contributed by atoms with Crippen LogP contribution >= 0.6 is 46.4 Å². The molecular weight excluding hydrogens is 751 g/mol. The number of fused-ring (bicyclic) bond motifs is 1. The van der Waals surface area contributed by atoms with E-state index in [-0.39, 0.29) is 17.1 Å². The zero-order valence-electron chi connectivity index (χ0n) is 28.5. The molecule has 2 aliphatic heterocycles. The van der Waals surface area contributed by atoms with Crippen LogP contribution in [-0.2, 0) is 31.2 Å². The number of carbonyl (C=O) groups excluding carboxylic acids is 2. The number of thioether (sulfide) groups is 2. The van der Waals surface area contributed by atoms with Crippen LogP contribution in [0, 0.1) is 0 Å². The van der Waals surface area contributed by atoms with Crippen LogP contribution in [0.3, 0.4) is 0 Å². The van der Waals surface area contributed by atoms with E-state index in [9.17, 15) is 19.5 Å².